The van der Waals surface area contributed by atoms with Gasteiger partial charge in [0.2, 0.25) is 5.52 Å². The van der Waals surface area contributed by atoms with E-state index in [2.05, 4.69) is 0 Å². The van der Waals surface area contributed by atoms with Crippen molar-refractivity contribution >= 4 is 44.0 Å². The van der Waals surface area contributed by atoms with Crippen molar-refractivity contribution in [1.29, 1.82) is 0 Å². The second kappa shape index (κ2) is 4.89. The summed E-state index contributed by atoms with van der Waals surface area (Å²) in [5.41, 5.74) is 7.61. The van der Waals surface area contributed by atoms with Crippen LogP contribution in [0.25, 0.3) is 21.0 Å². The lowest BCUT2D eigenvalue weighted by Crippen LogP contribution is -2.28. The fourth-order valence-electron chi connectivity index (χ4n) is 2.42. The summed E-state index contributed by atoms with van der Waals surface area (Å²) >= 11 is 1.35. The molecule has 0 bridgehead atoms. The average Bonchev–Trinajstić information content (AvgIpc) is 2.83. The third-order valence-corrected chi connectivity index (χ3v) is 4.74. The second-order valence-corrected chi connectivity index (χ2v) is 5.72. The Morgan fingerprint density at radius 3 is 2.71 bits per heavy atom. The fourth-order valence-corrected chi connectivity index (χ4v) is 3.56. The van der Waals surface area contributed by atoms with Crippen molar-refractivity contribution < 1.29 is 18.8 Å². The third kappa shape index (κ3) is 1.99. The van der Waals surface area contributed by atoms with Crippen LogP contribution < -0.4 is 15.0 Å². The molecule has 108 valence electrons. The summed E-state index contributed by atoms with van der Waals surface area (Å²) < 4.78 is 13.0. The number of nitrogen functional groups attached to an aromatic ring is 1. The molecule has 3 aromatic rings. The number of nitrogens with zero attached hydrogens (tertiary/aromatic N) is 1. The number of benzene rings is 1. The van der Waals surface area contributed by atoms with Crippen LogP contribution in [0.3, 0.4) is 0 Å². The number of pyridine rings is 1. The number of hydrogen-bond donors (Lipinski definition) is 1. The van der Waals surface area contributed by atoms with Crippen molar-refractivity contribution in [1.82, 2.24) is 0 Å². The minimum atomic E-state index is -0.410. The number of anilines is 1. The monoisotopic (exact) mass is 303 g/mol. The fraction of sp³-hybridized carbons (Fsp3) is 0.200. The van der Waals surface area contributed by atoms with Crippen LogP contribution in [0.5, 0.6) is 5.75 Å². The lowest BCUT2D eigenvalue weighted by molar-refractivity contribution is -0.643. The van der Waals surface area contributed by atoms with Gasteiger partial charge in [0, 0.05) is 6.07 Å². The summed E-state index contributed by atoms with van der Waals surface area (Å²) in [5.74, 6) is 0.356. The predicted octanol–water partition coefficient (Wildman–Crippen LogP) is 2.26. The third-order valence-electron chi connectivity index (χ3n) is 3.51. The highest BCUT2D eigenvalue weighted by Gasteiger charge is 2.22. The van der Waals surface area contributed by atoms with Gasteiger partial charge in [0.05, 0.1) is 35.4 Å². The molecule has 0 aliphatic rings. The minimum Gasteiger partial charge on any atom is -0.497 e. The molecule has 0 saturated heterocycles. The van der Waals surface area contributed by atoms with Gasteiger partial charge in [-0.1, -0.05) is 0 Å². The molecule has 0 aliphatic heterocycles. The van der Waals surface area contributed by atoms with Crippen LogP contribution in [0.1, 0.15) is 9.67 Å². The number of methoxy groups -OCH3 is 2. The maximum Gasteiger partial charge on any atom is 0.350 e. The Morgan fingerprint density at radius 2 is 2.05 bits per heavy atom. The summed E-state index contributed by atoms with van der Waals surface area (Å²) in [6, 6.07) is 5.85. The molecule has 0 fully saturated rings. The highest BCUT2D eigenvalue weighted by Crippen LogP contribution is 2.38. The smallest absolute Gasteiger partial charge is 0.350 e. The van der Waals surface area contributed by atoms with E-state index in [1.54, 1.807) is 7.11 Å². The number of carbonyl (C=O) groups excluding carboxylic acids is 1. The molecule has 0 unspecified atom stereocenters. The first kappa shape index (κ1) is 13.6. The maximum absolute atomic E-state index is 11.8. The van der Waals surface area contributed by atoms with Crippen LogP contribution in [-0.4, -0.2) is 20.2 Å². The number of ether oxygens (including phenoxy) is 2. The van der Waals surface area contributed by atoms with Crippen molar-refractivity contribution in [2.75, 3.05) is 20.0 Å². The van der Waals surface area contributed by atoms with Gasteiger partial charge < -0.3 is 15.2 Å². The van der Waals surface area contributed by atoms with Gasteiger partial charge in [0.25, 0.3) is 0 Å². The zero-order chi connectivity index (χ0) is 15.1. The Bertz CT molecular complexity index is 870. The van der Waals surface area contributed by atoms with E-state index in [9.17, 15) is 4.79 Å². The molecule has 0 saturated carbocycles. The molecule has 2 N–H and O–H groups in total. The van der Waals surface area contributed by atoms with Crippen LogP contribution in [0.4, 0.5) is 5.69 Å². The Labute approximate surface area is 125 Å². The summed E-state index contributed by atoms with van der Waals surface area (Å²) in [6.45, 7) is 0. The van der Waals surface area contributed by atoms with Crippen molar-refractivity contribution in [3.05, 3.63) is 29.3 Å². The lowest BCUT2D eigenvalue weighted by Gasteiger charge is -2.02. The lowest BCUT2D eigenvalue weighted by atomic mass is 10.1. The SMILES string of the molecule is COC(=O)c1sc2c(c[n+](C)c3ccc(OC)cc23)c1N. The van der Waals surface area contributed by atoms with E-state index in [1.165, 1.54) is 18.4 Å². The minimum absolute atomic E-state index is 0.410. The molecule has 0 spiro atoms. The van der Waals surface area contributed by atoms with E-state index in [1.807, 2.05) is 36.0 Å². The molecule has 0 radical (unpaired) electrons. The normalized spacial score (nSPS) is 11.0. The Kier molecular flexibility index (Phi) is 3.17. The maximum atomic E-state index is 11.8. The number of aryl methyl sites for hydroxylation is 1. The van der Waals surface area contributed by atoms with Crippen LogP contribution in [0, 0.1) is 0 Å². The van der Waals surface area contributed by atoms with Gasteiger partial charge in [0.1, 0.15) is 17.7 Å². The standard InChI is InChI=1S/C15H14N2O3S/c1-17-7-10-12(16)14(15(18)20-3)21-13(10)9-6-8(19-2)4-5-11(9)17/h4-7H,1-3H3,(H-,16,18)/p+1. The topological polar surface area (TPSA) is 65.4 Å². The van der Waals surface area contributed by atoms with Gasteiger partial charge >= 0.3 is 5.97 Å². The second-order valence-electron chi connectivity index (χ2n) is 4.70. The highest BCUT2D eigenvalue weighted by molar-refractivity contribution is 7.22. The predicted molar refractivity (Wildman–Crippen MR) is 82.8 cm³/mol. The van der Waals surface area contributed by atoms with E-state index < -0.39 is 5.97 Å². The zero-order valence-electron chi connectivity index (χ0n) is 12.0. The van der Waals surface area contributed by atoms with Crippen molar-refractivity contribution in [2.45, 2.75) is 0 Å². The molecule has 0 aliphatic carbocycles. The first-order chi connectivity index (χ1) is 10.1. The molecule has 1 aromatic carbocycles. The van der Waals surface area contributed by atoms with Gasteiger partial charge in [-0.25, -0.2) is 9.36 Å². The molecule has 3 rings (SSSR count). The van der Waals surface area contributed by atoms with E-state index in [4.69, 9.17) is 15.2 Å². The molecule has 0 amide bonds. The number of fused-ring (bicyclic) bond motifs is 3. The number of thiophene rings is 1. The summed E-state index contributed by atoms with van der Waals surface area (Å²) in [4.78, 5) is 12.3. The Morgan fingerprint density at radius 1 is 1.29 bits per heavy atom. The molecule has 21 heavy (non-hydrogen) atoms. The summed E-state index contributed by atoms with van der Waals surface area (Å²) in [7, 11) is 4.93. The summed E-state index contributed by atoms with van der Waals surface area (Å²) in [5, 5.41) is 1.85. The number of carbonyl (C=O) groups is 1. The number of aromatic nitrogens is 1. The van der Waals surface area contributed by atoms with E-state index in [-0.39, 0.29) is 0 Å². The molecular formula is C15H15N2O3S+. The van der Waals surface area contributed by atoms with E-state index >= 15 is 0 Å². The number of esters is 1. The number of hydrogen-bond acceptors (Lipinski definition) is 5. The largest absolute Gasteiger partial charge is 0.497 e. The molecule has 6 heteroatoms. The van der Waals surface area contributed by atoms with Gasteiger partial charge in [-0.3, -0.25) is 0 Å². The van der Waals surface area contributed by atoms with Gasteiger partial charge in [0.15, 0.2) is 6.20 Å². The molecule has 2 aromatic heterocycles. The quantitative estimate of drug-likeness (QED) is 0.582. The average molecular weight is 303 g/mol. The highest BCUT2D eigenvalue weighted by atomic mass is 32.1. The van der Waals surface area contributed by atoms with Gasteiger partial charge in [-0.15, -0.1) is 11.3 Å². The molecule has 5 nitrogen and oxygen atoms in total. The molecule has 0 atom stereocenters. The summed E-state index contributed by atoms with van der Waals surface area (Å²) in [6.07, 6.45) is 1.93. The Balaban J connectivity index is 2.44. The first-order valence-electron chi connectivity index (χ1n) is 6.33. The van der Waals surface area contributed by atoms with E-state index in [0.29, 0.717) is 10.6 Å². The van der Waals surface area contributed by atoms with Crippen LogP contribution in [0.15, 0.2) is 24.4 Å². The van der Waals surface area contributed by atoms with Crippen LogP contribution >= 0.6 is 11.3 Å². The van der Waals surface area contributed by atoms with E-state index in [0.717, 1.165) is 26.7 Å². The van der Waals surface area contributed by atoms with Gasteiger partial charge in [-0.2, -0.15) is 0 Å². The van der Waals surface area contributed by atoms with Crippen molar-refractivity contribution in [3.63, 3.8) is 0 Å². The first-order valence-corrected chi connectivity index (χ1v) is 7.15. The molecular weight excluding hydrogens is 288 g/mol. The van der Waals surface area contributed by atoms with Crippen LogP contribution in [0.2, 0.25) is 0 Å². The van der Waals surface area contributed by atoms with Crippen molar-refractivity contribution in [2.24, 2.45) is 7.05 Å². The Hall–Kier alpha value is -2.34. The van der Waals surface area contributed by atoms with Gasteiger partial charge in [-0.05, 0) is 12.1 Å². The number of nitrogens with two attached hydrogens (primary N) is 1. The molecule has 2 heterocycles. The zero-order valence-corrected chi connectivity index (χ0v) is 12.8. The van der Waals surface area contributed by atoms with Crippen molar-refractivity contribution in [3.8, 4) is 5.75 Å². The van der Waals surface area contributed by atoms with Crippen LogP contribution in [-0.2, 0) is 11.8 Å². The number of rotatable bonds is 2.